The minimum Gasteiger partial charge on any atom is -0.370 e. The van der Waals surface area contributed by atoms with Crippen LogP contribution in [0.4, 0.5) is 0 Å². The summed E-state index contributed by atoms with van der Waals surface area (Å²) >= 11 is 1.58. The Labute approximate surface area is 159 Å². The van der Waals surface area contributed by atoms with Gasteiger partial charge in [0, 0.05) is 4.90 Å². The molecule has 0 unspecified atom stereocenters. The van der Waals surface area contributed by atoms with Crippen LogP contribution in [0.2, 0.25) is 0 Å². The number of thioether (sulfide) groups is 1. The second-order valence-corrected chi connectivity index (χ2v) is 7.75. The minimum atomic E-state index is 0.0374. The molecule has 1 aliphatic rings. The molecule has 3 rings (SSSR count). The monoisotopic (exact) mass is 371 g/mol. The molecule has 0 aromatic heterocycles. The summed E-state index contributed by atoms with van der Waals surface area (Å²) in [6, 6.07) is 18.6. The van der Waals surface area contributed by atoms with Gasteiger partial charge in [0.15, 0.2) is 0 Å². The molecule has 5 heteroatoms. The fourth-order valence-electron chi connectivity index (χ4n) is 3.11. The fraction of sp³-hybridized carbons (Fsp3) is 0.381. The molecule has 0 bridgehead atoms. The molecule has 2 aromatic carbocycles. The fourth-order valence-corrected chi connectivity index (χ4v) is 3.82. The Balaban J connectivity index is 1.58. The van der Waals surface area contributed by atoms with Gasteiger partial charge in [-0.25, -0.2) is 0 Å². The molecule has 4 nitrogen and oxygen atoms in total. The Morgan fingerprint density at radius 1 is 1.12 bits per heavy atom. The lowest BCUT2D eigenvalue weighted by Gasteiger charge is -2.28. The molecule has 1 fully saturated rings. The first kappa shape index (κ1) is 19.0. The highest BCUT2D eigenvalue weighted by molar-refractivity contribution is 8.00. The highest BCUT2D eigenvalue weighted by Gasteiger charge is 2.22. The Morgan fingerprint density at radius 3 is 2.50 bits per heavy atom. The molecule has 0 radical (unpaired) electrons. The molecule has 1 heterocycles. The summed E-state index contributed by atoms with van der Waals surface area (Å²) in [6.45, 7) is 6.56. The predicted octanol–water partition coefficient (Wildman–Crippen LogP) is 1.86. The maximum absolute atomic E-state index is 12.5. The quantitative estimate of drug-likeness (QED) is 0.730. The summed E-state index contributed by atoms with van der Waals surface area (Å²) in [4.78, 5) is 15.2. The van der Waals surface area contributed by atoms with E-state index in [1.807, 2.05) is 18.2 Å². The standard InChI is InChI=1S/C21H26N2O2S/c1-17-7-9-19(10-8-17)26-16-21(24)22-20(18-5-3-2-4-6-18)15-23-11-13-25-14-12-23/h2-10,20H,11-16H2,1H3,(H,22,24)/p+1/t20-/m1/s1. The number of nitrogens with one attached hydrogen (secondary N) is 2. The smallest absolute Gasteiger partial charge is 0.231 e. The molecular formula is C21H27N2O2S+. The lowest BCUT2D eigenvalue weighted by Crippen LogP contribution is -3.14. The van der Waals surface area contributed by atoms with Gasteiger partial charge in [-0.1, -0.05) is 48.0 Å². The third kappa shape index (κ3) is 5.87. The van der Waals surface area contributed by atoms with Crippen molar-refractivity contribution >= 4 is 17.7 Å². The summed E-state index contributed by atoms with van der Waals surface area (Å²) in [5, 5.41) is 3.24. The molecule has 1 saturated heterocycles. The third-order valence-electron chi connectivity index (χ3n) is 4.62. The third-order valence-corrected chi connectivity index (χ3v) is 5.63. The van der Waals surface area contributed by atoms with Gasteiger partial charge in [-0.15, -0.1) is 11.8 Å². The van der Waals surface area contributed by atoms with Crippen LogP contribution in [0, 0.1) is 6.92 Å². The zero-order valence-corrected chi connectivity index (χ0v) is 16.1. The van der Waals surface area contributed by atoms with Crippen molar-refractivity contribution in [2.24, 2.45) is 0 Å². The summed E-state index contributed by atoms with van der Waals surface area (Å²) in [5.41, 5.74) is 2.40. The van der Waals surface area contributed by atoms with E-state index in [9.17, 15) is 4.79 Å². The highest BCUT2D eigenvalue weighted by Crippen LogP contribution is 2.18. The van der Waals surface area contributed by atoms with Crippen LogP contribution in [0.3, 0.4) is 0 Å². The van der Waals surface area contributed by atoms with E-state index < -0.39 is 0 Å². The van der Waals surface area contributed by atoms with Gasteiger partial charge < -0.3 is 15.0 Å². The van der Waals surface area contributed by atoms with Crippen molar-refractivity contribution in [2.45, 2.75) is 17.9 Å². The molecule has 1 atom stereocenters. The number of hydrogen-bond donors (Lipinski definition) is 2. The van der Waals surface area contributed by atoms with Gasteiger partial charge in [-0.3, -0.25) is 4.79 Å². The van der Waals surface area contributed by atoms with Crippen molar-refractivity contribution < 1.29 is 14.4 Å². The van der Waals surface area contributed by atoms with Gasteiger partial charge in [-0.05, 0) is 24.6 Å². The molecule has 1 amide bonds. The molecule has 26 heavy (non-hydrogen) atoms. The van der Waals surface area contributed by atoms with Crippen LogP contribution in [0.25, 0.3) is 0 Å². The maximum Gasteiger partial charge on any atom is 0.231 e. The van der Waals surface area contributed by atoms with Gasteiger partial charge in [0.25, 0.3) is 0 Å². The van der Waals surface area contributed by atoms with Crippen LogP contribution in [0.5, 0.6) is 0 Å². The molecule has 2 N–H and O–H groups in total. The van der Waals surface area contributed by atoms with Gasteiger partial charge in [0.1, 0.15) is 25.7 Å². The molecule has 138 valence electrons. The molecule has 0 spiro atoms. The van der Waals surface area contributed by atoms with Crippen molar-refractivity contribution in [3.05, 3.63) is 65.7 Å². The predicted molar refractivity (Wildman–Crippen MR) is 106 cm³/mol. The van der Waals surface area contributed by atoms with E-state index in [-0.39, 0.29) is 11.9 Å². The van der Waals surface area contributed by atoms with E-state index in [2.05, 4.69) is 48.6 Å². The van der Waals surface area contributed by atoms with E-state index in [0.29, 0.717) is 5.75 Å². The minimum absolute atomic E-state index is 0.0374. The molecule has 0 aliphatic carbocycles. The first-order valence-corrected chi connectivity index (χ1v) is 10.1. The average molecular weight is 372 g/mol. The summed E-state index contributed by atoms with van der Waals surface area (Å²) in [5.74, 6) is 0.516. The Morgan fingerprint density at radius 2 is 1.81 bits per heavy atom. The first-order valence-electron chi connectivity index (χ1n) is 9.16. The maximum atomic E-state index is 12.5. The van der Waals surface area contributed by atoms with Crippen LogP contribution in [0.15, 0.2) is 59.5 Å². The zero-order chi connectivity index (χ0) is 18.2. The molecule has 2 aromatic rings. The van der Waals surface area contributed by atoms with E-state index >= 15 is 0 Å². The van der Waals surface area contributed by atoms with Gasteiger partial charge in [-0.2, -0.15) is 0 Å². The van der Waals surface area contributed by atoms with E-state index in [1.54, 1.807) is 11.8 Å². The Bertz CT molecular complexity index is 685. The number of hydrogen-bond acceptors (Lipinski definition) is 3. The number of aryl methyl sites for hydroxylation is 1. The van der Waals surface area contributed by atoms with Crippen molar-refractivity contribution in [2.75, 3.05) is 38.6 Å². The van der Waals surface area contributed by atoms with E-state index in [4.69, 9.17) is 4.74 Å². The second-order valence-electron chi connectivity index (χ2n) is 6.70. The largest absolute Gasteiger partial charge is 0.370 e. The van der Waals surface area contributed by atoms with E-state index in [0.717, 1.165) is 37.7 Å². The van der Waals surface area contributed by atoms with Crippen molar-refractivity contribution in [1.29, 1.82) is 0 Å². The number of ether oxygens (including phenoxy) is 1. The number of carbonyl (C=O) groups is 1. The normalized spacial score (nSPS) is 16.2. The topological polar surface area (TPSA) is 42.8 Å². The number of morpholine rings is 1. The van der Waals surface area contributed by atoms with Crippen molar-refractivity contribution in [3.63, 3.8) is 0 Å². The van der Waals surface area contributed by atoms with E-state index in [1.165, 1.54) is 16.0 Å². The molecular weight excluding hydrogens is 344 g/mol. The van der Waals surface area contributed by atoms with Gasteiger partial charge in [0.2, 0.25) is 5.91 Å². The van der Waals surface area contributed by atoms with Crippen LogP contribution in [-0.4, -0.2) is 44.5 Å². The number of benzene rings is 2. The van der Waals surface area contributed by atoms with Crippen LogP contribution in [-0.2, 0) is 9.53 Å². The second kappa shape index (κ2) is 9.76. The summed E-state index contributed by atoms with van der Waals surface area (Å²) in [6.07, 6.45) is 0. The number of rotatable bonds is 7. The SMILES string of the molecule is Cc1ccc(SCC(=O)N[C@H](C[NH+]2CCOCC2)c2ccccc2)cc1. The Hall–Kier alpha value is -1.82. The summed E-state index contributed by atoms with van der Waals surface area (Å²) in [7, 11) is 0. The number of carbonyl (C=O) groups excluding carboxylic acids is 1. The number of quaternary nitrogens is 1. The zero-order valence-electron chi connectivity index (χ0n) is 15.2. The molecule has 0 saturated carbocycles. The van der Waals surface area contributed by atoms with Gasteiger partial charge >= 0.3 is 0 Å². The molecule has 1 aliphatic heterocycles. The van der Waals surface area contributed by atoms with Crippen LogP contribution < -0.4 is 10.2 Å². The van der Waals surface area contributed by atoms with Gasteiger partial charge in [0.05, 0.1) is 19.0 Å². The number of amides is 1. The average Bonchev–Trinajstić information content (AvgIpc) is 2.68. The Kier molecular flexibility index (Phi) is 7.12. The van der Waals surface area contributed by atoms with Crippen molar-refractivity contribution in [1.82, 2.24) is 5.32 Å². The lowest BCUT2D eigenvalue weighted by molar-refractivity contribution is -0.909. The highest BCUT2D eigenvalue weighted by atomic mass is 32.2. The lowest BCUT2D eigenvalue weighted by atomic mass is 10.1. The first-order chi connectivity index (χ1) is 12.7. The van der Waals surface area contributed by atoms with Crippen LogP contribution >= 0.6 is 11.8 Å². The summed E-state index contributed by atoms with van der Waals surface area (Å²) < 4.78 is 5.45. The van der Waals surface area contributed by atoms with Crippen molar-refractivity contribution in [3.8, 4) is 0 Å². The van der Waals surface area contributed by atoms with Crippen LogP contribution in [0.1, 0.15) is 17.2 Å².